The van der Waals surface area contributed by atoms with Crippen LogP contribution >= 0.6 is 11.6 Å². The zero-order chi connectivity index (χ0) is 13.0. The molecule has 0 aromatic heterocycles. The van der Waals surface area contributed by atoms with Crippen LogP contribution in [0.1, 0.15) is 12.8 Å². The number of hydrogen-bond donors (Lipinski definition) is 2. The van der Waals surface area contributed by atoms with Crippen LogP contribution in [0.3, 0.4) is 0 Å². The van der Waals surface area contributed by atoms with Gasteiger partial charge in [0.1, 0.15) is 5.75 Å². The lowest BCUT2D eigenvalue weighted by molar-refractivity contribution is -0.120. The molecule has 1 aliphatic heterocycles. The number of hydrogen-bond acceptors (Lipinski definition) is 3. The van der Waals surface area contributed by atoms with Gasteiger partial charge in [-0.05, 0) is 31.5 Å². The predicted molar refractivity (Wildman–Crippen MR) is 72.2 cm³/mol. The monoisotopic (exact) mass is 268 g/mol. The lowest BCUT2D eigenvalue weighted by atomic mass is 9.99. The van der Waals surface area contributed by atoms with E-state index in [-0.39, 0.29) is 11.8 Å². The molecule has 0 unspecified atom stereocenters. The van der Waals surface area contributed by atoms with E-state index in [0.717, 1.165) is 25.9 Å². The molecule has 4 nitrogen and oxygen atoms in total. The minimum atomic E-state index is 0.0114. The first kappa shape index (κ1) is 13.2. The average molecular weight is 269 g/mol. The van der Waals surface area contributed by atoms with Gasteiger partial charge in [0.2, 0.25) is 5.91 Å². The number of benzene rings is 1. The lowest BCUT2D eigenvalue weighted by Gasteiger charge is -2.22. The molecule has 1 heterocycles. The quantitative estimate of drug-likeness (QED) is 0.884. The SMILES string of the molecule is COc1ccc(Cl)c(NC(=O)[C@@H]2CCCNC2)c1. The van der Waals surface area contributed by atoms with Crippen molar-refractivity contribution in [3.8, 4) is 5.75 Å². The third-order valence-corrected chi connectivity index (χ3v) is 3.43. The van der Waals surface area contributed by atoms with Crippen LogP contribution in [-0.4, -0.2) is 26.1 Å². The fourth-order valence-corrected chi connectivity index (χ4v) is 2.20. The number of anilines is 1. The van der Waals surface area contributed by atoms with Crippen LogP contribution < -0.4 is 15.4 Å². The van der Waals surface area contributed by atoms with Gasteiger partial charge < -0.3 is 15.4 Å². The molecule has 0 saturated carbocycles. The number of rotatable bonds is 3. The lowest BCUT2D eigenvalue weighted by Crippen LogP contribution is -2.37. The molecule has 1 saturated heterocycles. The summed E-state index contributed by atoms with van der Waals surface area (Å²) in [6.07, 6.45) is 1.95. The molecule has 0 radical (unpaired) electrons. The maximum atomic E-state index is 12.1. The van der Waals surface area contributed by atoms with Gasteiger partial charge in [-0.2, -0.15) is 0 Å². The molecule has 18 heavy (non-hydrogen) atoms. The molecule has 1 aliphatic rings. The number of halogens is 1. The Morgan fingerprint density at radius 3 is 3.06 bits per heavy atom. The Labute approximate surface area is 112 Å². The minimum Gasteiger partial charge on any atom is -0.497 e. The summed E-state index contributed by atoms with van der Waals surface area (Å²) >= 11 is 6.05. The summed E-state index contributed by atoms with van der Waals surface area (Å²) in [4.78, 5) is 12.1. The number of ether oxygens (including phenoxy) is 1. The normalized spacial score (nSPS) is 19.3. The standard InChI is InChI=1S/C13H17ClN2O2/c1-18-10-4-5-11(14)12(7-10)16-13(17)9-3-2-6-15-8-9/h4-5,7,9,15H,2-3,6,8H2,1H3,(H,16,17)/t9-/m1/s1. The highest BCUT2D eigenvalue weighted by atomic mass is 35.5. The van der Waals surface area contributed by atoms with Crippen molar-refractivity contribution >= 4 is 23.2 Å². The highest BCUT2D eigenvalue weighted by molar-refractivity contribution is 6.33. The fraction of sp³-hybridized carbons (Fsp3) is 0.462. The molecule has 1 aromatic rings. The first-order valence-electron chi connectivity index (χ1n) is 6.06. The van der Waals surface area contributed by atoms with Crippen molar-refractivity contribution in [1.29, 1.82) is 0 Å². The molecule has 1 atom stereocenters. The van der Waals surface area contributed by atoms with Gasteiger partial charge >= 0.3 is 0 Å². The smallest absolute Gasteiger partial charge is 0.228 e. The molecule has 1 amide bonds. The van der Waals surface area contributed by atoms with E-state index < -0.39 is 0 Å². The molecule has 2 N–H and O–H groups in total. The van der Waals surface area contributed by atoms with Gasteiger partial charge in [0.25, 0.3) is 0 Å². The summed E-state index contributed by atoms with van der Waals surface area (Å²) in [6, 6.07) is 5.21. The summed E-state index contributed by atoms with van der Waals surface area (Å²) in [5, 5.41) is 6.61. The zero-order valence-electron chi connectivity index (χ0n) is 10.3. The van der Waals surface area contributed by atoms with E-state index in [1.807, 2.05) is 0 Å². The van der Waals surface area contributed by atoms with Crippen LogP contribution in [0.5, 0.6) is 5.75 Å². The topological polar surface area (TPSA) is 50.4 Å². The van der Waals surface area contributed by atoms with Crippen molar-refractivity contribution in [2.75, 3.05) is 25.5 Å². The number of carbonyl (C=O) groups is 1. The van der Waals surface area contributed by atoms with E-state index in [0.29, 0.717) is 16.5 Å². The van der Waals surface area contributed by atoms with Gasteiger partial charge in [-0.3, -0.25) is 4.79 Å². The fourth-order valence-electron chi connectivity index (χ4n) is 2.04. The molecule has 5 heteroatoms. The van der Waals surface area contributed by atoms with Crippen molar-refractivity contribution in [1.82, 2.24) is 5.32 Å². The van der Waals surface area contributed by atoms with Crippen molar-refractivity contribution in [3.05, 3.63) is 23.2 Å². The van der Waals surface area contributed by atoms with Crippen LogP contribution in [0.2, 0.25) is 5.02 Å². The third-order valence-electron chi connectivity index (χ3n) is 3.10. The molecule has 0 aliphatic carbocycles. The maximum absolute atomic E-state index is 12.1. The largest absolute Gasteiger partial charge is 0.497 e. The first-order valence-corrected chi connectivity index (χ1v) is 6.43. The highest BCUT2D eigenvalue weighted by Gasteiger charge is 2.21. The summed E-state index contributed by atoms with van der Waals surface area (Å²) < 4.78 is 5.11. The molecule has 2 rings (SSSR count). The Kier molecular flexibility index (Phi) is 4.44. The van der Waals surface area contributed by atoms with Gasteiger partial charge in [-0.25, -0.2) is 0 Å². The molecule has 0 bridgehead atoms. The summed E-state index contributed by atoms with van der Waals surface area (Å²) in [7, 11) is 1.58. The van der Waals surface area contributed by atoms with Crippen molar-refractivity contribution in [2.45, 2.75) is 12.8 Å². The van der Waals surface area contributed by atoms with Crippen LogP contribution in [-0.2, 0) is 4.79 Å². The molecule has 98 valence electrons. The molecule has 1 fully saturated rings. The minimum absolute atomic E-state index is 0.0114. The Hall–Kier alpha value is -1.26. The second-order valence-corrected chi connectivity index (χ2v) is 4.79. The Bertz CT molecular complexity index is 431. The number of methoxy groups -OCH3 is 1. The second kappa shape index (κ2) is 6.07. The van der Waals surface area contributed by atoms with Gasteiger partial charge in [0, 0.05) is 12.6 Å². The van der Waals surface area contributed by atoms with E-state index in [4.69, 9.17) is 16.3 Å². The molecular formula is C13H17ClN2O2. The maximum Gasteiger partial charge on any atom is 0.228 e. The second-order valence-electron chi connectivity index (χ2n) is 4.38. The van der Waals surface area contributed by atoms with E-state index in [2.05, 4.69) is 10.6 Å². The van der Waals surface area contributed by atoms with E-state index in [9.17, 15) is 4.79 Å². The van der Waals surface area contributed by atoms with Gasteiger partial charge in [-0.1, -0.05) is 11.6 Å². The Morgan fingerprint density at radius 1 is 1.56 bits per heavy atom. The van der Waals surface area contributed by atoms with E-state index >= 15 is 0 Å². The number of amides is 1. The van der Waals surface area contributed by atoms with Crippen molar-refractivity contribution < 1.29 is 9.53 Å². The van der Waals surface area contributed by atoms with Gasteiger partial charge in [0.05, 0.1) is 23.7 Å². The van der Waals surface area contributed by atoms with Gasteiger partial charge in [-0.15, -0.1) is 0 Å². The van der Waals surface area contributed by atoms with Crippen LogP contribution in [0.15, 0.2) is 18.2 Å². The van der Waals surface area contributed by atoms with Crippen LogP contribution in [0, 0.1) is 5.92 Å². The Balaban J connectivity index is 2.05. The van der Waals surface area contributed by atoms with Crippen molar-refractivity contribution in [3.63, 3.8) is 0 Å². The van der Waals surface area contributed by atoms with Crippen LogP contribution in [0.4, 0.5) is 5.69 Å². The zero-order valence-corrected chi connectivity index (χ0v) is 11.1. The molecular weight excluding hydrogens is 252 g/mol. The average Bonchev–Trinajstić information content (AvgIpc) is 2.42. The predicted octanol–water partition coefficient (Wildman–Crippen LogP) is 2.29. The van der Waals surface area contributed by atoms with Crippen molar-refractivity contribution in [2.24, 2.45) is 5.92 Å². The summed E-state index contributed by atoms with van der Waals surface area (Å²) in [6.45, 7) is 1.72. The first-order chi connectivity index (χ1) is 8.70. The van der Waals surface area contributed by atoms with Gasteiger partial charge in [0.15, 0.2) is 0 Å². The van der Waals surface area contributed by atoms with Crippen LogP contribution in [0.25, 0.3) is 0 Å². The van der Waals surface area contributed by atoms with E-state index in [1.165, 1.54) is 0 Å². The number of piperidine rings is 1. The third kappa shape index (κ3) is 3.15. The summed E-state index contributed by atoms with van der Waals surface area (Å²) in [5.41, 5.74) is 0.603. The highest BCUT2D eigenvalue weighted by Crippen LogP contribution is 2.27. The molecule has 0 spiro atoms. The number of nitrogens with one attached hydrogen (secondary N) is 2. The molecule has 1 aromatic carbocycles. The summed E-state index contributed by atoms with van der Waals surface area (Å²) in [5.74, 6) is 0.704. The Morgan fingerprint density at radius 2 is 2.39 bits per heavy atom. The number of carbonyl (C=O) groups excluding carboxylic acids is 1. The van der Waals surface area contributed by atoms with E-state index in [1.54, 1.807) is 25.3 Å².